The molecular weight excluding hydrogens is 590 g/mol. The molecule has 0 bridgehead atoms. The van der Waals surface area contributed by atoms with E-state index in [1.165, 1.54) is 18.2 Å². The highest BCUT2D eigenvalue weighted by molar-refractivity contribution is 7.85. The fourth-order valence-electron chi connectivity index (χ4n) is 3.88. The number of nitrogens with zero attached hydrogens (tertiary/aromatic N) is 1. The number of nitrogens with two attached hydrogens (primary N) is 1. The van der Waals surface area contributed by atoms with Crippen molar-refractivity contribution >= 4 is 39.4 Å². The van der Waals surface area contributed by atoms with E-state index in [2.05, 4.69) is 15.6 Å². The molecule has 3 aromatic rings. The van der Waals surface area contributed by atoms with Gasteiger partial charge in [0.15, 0.2) is 0 Å². The summed E-state index contributed by atoms with van der Waals surface area (Å²) in [5.74, 6) is -2.33. The van der Waals surface area contributed by atoms with Gasteiger partial charge < -0.3 is 26.2 Å². The summed E-state index contributed by atoms with van der Waals surface area (Å²) in [5, 5.41) is 23.2. The number of pyridine rings is 1. The Morgan fingerprint density at radius 1 is 1.00 bits per heavy atom. The summed E-state index contributed by atoms with van der Waals surface area (Å²) in [7, 11) is -2.12. The van der Waals surface area contributed by atoms with Crippen molar-refractivity contribution in [2.24, 2.45) is 11.1 Å². The highest BCUT2D eigenvalue weighted by Gasteiger charge is 2.27. The lowest BCUT2D eigenvalue weighted by molar-refractivity contribution is 0.0697. The van der Waals surface area contributed by atoms with Crippen molar-refractivity contribution in [1.29, 1.82) is 5.41 Å². The average molecular weight is 628 g/mol. The Bertz CT molecular complexity index is 1640. The Morgan fingerprint density at radius 3 is 2.05 bits per heavy atom. The Hall–Kier alpha value is -4.66. The van der Waals surface area contributed by atoms with Crippen LogP contribution in [0.4, 0.5) is 5.69 Å². The van der Waals surface area contributed by atoms with Crippen LogP contribution >= 0.6 is 0 Å². The Morgan fingerprint density at radius 2 is 1.55 bits per heavy atom. The highest BCUT2D eigenvalue weighted by Crippen LogP contribution is 2.29. The molecule has 0 spiro atoms. The summed E-state index contributed by atoms with van der Waals surface area (Å²) in [6.45, 7) is 7.93. The van der Waals surface area contributed by atoms with Gasteiger partial charge in [-0.3, -0.25) is 19.6 Å². The van der Waals surface area contributed by atoms with Gasteiger partial charge >= 0.3 is 5.97 Å². The van der Waals surface area contributed by atoms with Gasteiger partial charge in [0.2, 0.25) is 0 Å². The van der Waals surface area contributed by atoms with Crippen LogP contribution in [-0.4, -0.2) is 72.7 Å². The first kappa shape index (κ1) is 35.5. The minimum Gasteiger partial charge on any atom is -0.478 e. The van der Waals surface area contributed by atoms with Gasteiger partial charge in [-0.15, -0.1) is 0 Å². The Kier molecular flexibility index (Phi) is 11.9. The van der Waals surface area contributed by atoms with Crippen LogP contribution < -0.4 is 16.4 Å². The third-order valence-electron chi connectivity index (χ3n) is 6.19. The second kappa shape index (κ2) is 14.7. The topological polar surface area (TPSA) is 222 Å². The van der Waals surface area contributed by atoms with Crippen LogP contribution in [0.1, 0.15) is 63.2 Å². The molecule has 1 heterocycles. The molecule has 2 amide bonds. The van der Waals surface area contributed by atoms with Gasteiger partial charge in [0.1, 0.15) is 11.5 Å². The molecule has 0 saturated carbocycles. The fourth-order valence-corrected chi connectivity index (χ4v) is 3.88. The molecule has 0 aliphatic rings. The molecule has 14 heteroatoms. The average Bonchev–Trinajstić information content (AvgIpc) is 2.91. The number of aryl methyl sites for hydroxylation is 1. The third-order valence-corrected chi connectivity index (χ3v) is 6.19. The maximum Gasteiger partial charge on any atom is 0.336 e. The van der Waals surface area contributed by atoms with Gasteiger partial charge in [-0.2, -0.15) is 8.42 Å². The van der Waals surface area contributed by atoms with Crippen molar-refractivity contribution in [3.05, 3.63) is 82.7 Å². The van der Waals surface area contributed by atoms with Gasteiger partial charge in [-0.05, 0) is 60.4 Å². The molecule has 1 atom stereocenters. The second-order valence-corrected chi connectivity index (χ2v) is 12.4. The monoisotopic (exact) mass is 627 g/mol. The largest absolute Gasteiger partial charge is 0.478 e. The molecule has 236 valence electrons. The zero-order valence-electron chi connectivity index (χ0n) is 25.3. The Labute approximate surface area is 256 Å². The molecule has 7 N–H and O–H groups in total. The number of carboxylic acids is 1. The maximum absolute atomic E-state index is 13.2. The predicted molar refractivity (Wildman–Crippen MR) is 167 cm³/mol. The van der Waals surface area contributed by atoms with Crippen LogP contribution in [0.25, 0.3) is 11.1 Å². The standard InChI is InChI=1S/C29H33N5O5.CH4O3S/c1-16-6-12-21(24(32-16)27(36)33-19-10-7-17(8-11-19)25(30)31)20-13-9-18(14-22(20)28(37)38)26(35)34-23(15-39-5)29(2,3)4;1-5(2,3)4/h6-14,23H,15H2,1-5H3,(H3,30,31)(H,33,36)(H,34,35)(H,37,38);1H3,(H,2,3,4). The van der Waals surface area contributed by atoms with Gasteiger partial charge in [0, 0.05) is 35.2 Å². The SMILES string of the molecule is COCC(NC(=O)c1ccc(-c2ccc(C)nc2C(=O)Nc2ccc(C(=N)N)cc2)c(C(=O)O)c1)C(C)(C)C.CS(=O)(=O)O. The summed E-state index contributed by atoms with van der Waals surface area (Å²) in [6, 6.07) is 13.7. The van der Waals surface area contributed by atoms with E-state index in [0.717, 1.165) is 0 Å². The molecule has 0 aliphatic carbocycles. The smallest absolute Gasteiger partial charge is 0.336 e. The maximum atomic E-state index is 13.2. The molecule has 3 rings (SSSR count). The molecular formula is C30H37N5O8S. The first-order valence-electron chi connectivity index (χ1n) is 13.1. The molecule has 0 saturated heterocycles. The number of aromatic carboxylic acids is 1. The summed E-state index contributed by atoms with van der Waals surface area (Å²) in [5.41, 5.74) is 7.31. The predicted octanol–water partition coefficient (Wildman–Crippen LogP) is 3.59. The number of benzene rings is 2. The normalized spacial score (nSPS) is 11.9. The van der Waals surface area contributed by atoms with Crippen LogP contribution in [-0.2, 0) is 14.9 Å². The minimum absolute atomic E-state index is 0.0261. The number of methoxy groups -OCH3 is 1. The van der Waals surface area contributed by atoms with Crippen molar-refractivity contribution < 1.29 is 37.2 Å². The van der Waals surface area contributed by atoms with Crippen molar-refractivity contribution in [2.45, 2.75) is 33.7 Å². The lowest BCUT2D eigenvalue weighted by atomic mass is 9.87. The first-order valence-corrected chi connectivity index (χ1v) is 15.0. The summed E-state index contributed by atoms with van der Waals surface area (Å²) >= 11 is 0. The first-order chi connectivity index (χ1) is 20.3. The second-order valence-electron chi connectivity index (χ2n) is 10.9. The van der Waals surface area contributed by atoms with Crippen LogP contribution in [0.2, 0.25) is 0 Å². The minimum atomic E-state index is -3.67. The van der Waals surface area contributed by atoms with Gasteiger partial charge in [-0.1, -0.05) is 32.9 Å². The number of nitrogen functional groups attached to an aromatic ring is 1. The summed E-state index contributed by atoms with van der Waals surface area (Å²) in [6.07, 6.45) is 0.715. The molecule has 0 radical (unpaired) electrons. The number of rotatable bonds is 9. The van der Waals surface area contributed by atoms with Crippen molar-refractivity contribution in [3.8, 4) is 11.1 Å². The molecule has 2 aromatic carbocycles. The number of aromatic nitrogens is 1. The van der Waals surface area contributed by atoms with E-state index in [1.807, 2.05) is 20.8 Å². The number of hydrogen-bond donors (Lipinski definition) is 6. The zero-order chi connectivity index (χ0) is 33.4. The number of amides is 2. The Balaban J connectivity index is 0.00000125. The van der Waals surface area contributed by atoms with E-state index < -0.39 is 27.9 Å². The fraction of sp³-hybridized carbons (Fsp3) is 0.300. The van der Waals surface area contributed by atoms with Gasteiger partial charge in [-0.25, -0.2) is 9.78 Å². The highest BCUT2D eigenvalue weighted by atomic mass is 32.2. The van der Waals surface area contributed by atoms with Crippen molar-refractivity contribution in [2.75, 3.05) is 25.3 Å². The third kappa shape index (κ3) is 10.6. The van der Waals surface area contributed by atoms with Crippen molar-refractivity contribution in [1.82, 2.24) is 10.3 Å². The van der Waals surface area contributed by atoms with Crippen molar-refractivity contribution in [3.63, 3.8) is 0 Å². The zero-order valence-corrected chi connectivity index (χ0v) is 26.1. The van der Waals surface area contributed by atoms with E-state index in [-0.39, 0.29) is 39.7 Å². The van der Waals surface area contributed by atoms with Crippen LogP contribution in [0.3, 0.4) is 0 Å². The summed E-state index contributed by atoms with van der Waals surface area (Å²) in [4.78, 5) is 42.9. The molecule has 0 aliphatic heterocycles. The van der Waals surface area contributed by atoms with E-state index in [0.29, 0.717) is 35.4 Å². The molecule has 13 nitrogen and oxygen atoms in total. The molecule has 44 heavy (non-hydrogen) atoms. The number of carboxylic acid groups (broad SMARTS) is 1. The van der Waals surface area contributed by atoms with Crippen LogP contribution in [0.15, 0.2) is 54.6 Å². The number of carbonyl (C=O) groups excluding carboxylic acids is 2. The van der Waals surface area contributed by atoms with E-state index in [9.17, 15) is 27.9 Å². The quantitative estimate of drug-likeness (QED) is 0.115. The molecule has 1 aromatic heterocycles. The number of anilines is 1. The van der Waals surface area contributed by atoms with Crippen LogP contribution in [0.5, 0.6) is 0 Å². The van der Waals surface area contributed by atoms with E-state index in [1.54, 1.807) is 50.4 Å². The molecule has 0 fully saturated rings. The lowest BCUT2D eigenvalue weighted by Crippen LogP contribution is -2.46. The van der Waals surface area contributed by atoms with Gasteiger partial charge in [0.05, 0.1) is 24.5 Å². The lowest BCUT2D eigenvalue weighted by Gasteiger charge is -2.31. The number of nitrogens with one attached hydrogen (secondary N) is 3. The number of amidine groups is 1. The molecule has 1 unspecified atom stereocenters. The summed E-state index contributed by atoms with van der Waals surface area (Å²) < 4.78 is 31.1. The number of carbonyl (C=O) groups is 3. The number of hydrogen-bond acceptors (Lipinski definition) is 8. The number of ether oxygens (including phenoxy) is 1. The van der Waals surface area contributed by atoms with E-state index in [4.69, 9.17) is 20.4 Å². The van der Waals surface area contributed by atoms with Gasteiger partial charge in [0.25, 0.3) is 21.9 Å². The van der Waals surface area contributed by atoms with E-state index >= 15 is 0 Å². The van der Waals surface area contributed by atoms with Crippen LogP contribution in [0, 0.1) is 17.7 Å².